The smallest absolute Gasteiger partial charge is 0.465 e. The first-order valence-electron chi connectivity index (χ1n) is 9.76. The van der Waals surface area contributed by atoms with Crippen LogP contribution in [0.15, 0.2) is 54.6 Å². The molecule has 166 valence electrons. The van der Waals surface area contributed by atoms with Crippen molar-refractivity contribution in [2.45, 2.75) is 25.2 Å². The largest absolute Gasteiger partial charge is 0.573 e. The van der Waals surface area contributed by atoms with Gasteiger partial charge in [-0.25, -0.2) is 9.78 Å². The number of benzene rings is 2. The van der Waals surface area contributed by atoms with Gasteiger partial charge in [-0.2, -0.15) is 4.98 Å². The van der Waals surface area contributed by atoms with Crippen LogP contribution >= 0.6 is 0 Å². The summed E-state index contributed by atoms with van der Waals surface area (Å²) in [7, 11) is 1.31. The van der Waals surface area contributed by atoms with Crippen LogP contribution in [0.5, 0.6) is 5.75 Å². The van der Waals surface area contributed by atoms with Crippen LogP contribution in [0.4, 0.5) is 30.6 Å². The Morgan fingerprint density at radius 3 is 2.47 bits per heavy atom. The number of nitrogens with zero attached hydrogens (tertiary/aromatic N) is 2. The number of anilines is 3. The van der Waals surface area contributed by atoms with Crippen LogP contribution in [0.1, 0.15) is 23.2 Å². The van der Waals surface area contributed by atoms with Crippen LogP contribution in [0.3, 0.4) is 0 Å². The number of halogens is 3. The molecule has 3 aromatic rings. The predicted octanol–water partition coefficient (Wildman–Crippen LogP) is 5.15. The van der Waals surface area contributed by atoms with Gasteiger partial charge in [0.2, 0.25) is 5.95 Å². The molecule has 0 unspecified atom stereocenters. The molecule has 4 rings (SSSR count). The van der Waals surface area contributed by atoms with Gasteiger partial charge >= 0.3 is 12.3 Å². The zero-order valence-corrected chi connectivity index (χ0v) is 16.9. The first kappa shape index (κ1) is 21.4. The summed E-state index contributed by atoms with van der Waals surface area (Å²) in [5.41, 5.74) is 1.93. The number of carbonyl (C=O) groups excluding carboxylic acids is 1. The number of alkyl halides is 3. The molecule has 1 aliphatic rings. The first-order valence-corrected chi connectivity index (χ1v) is 9.76. The zero-order valence-electron chi connectivity index (χ0n) is 16.9. The molecule has 2 N–H and O–H groups in total. The number of carbonyl (C=O) groups is 1. The van der Waals surface area contributed by atoms with Gasteiger partial charge in [0.05, 0.1) is 18.4 Å². The second-order valence-electron chi connectivity index (χ2n) is 7.15. The molecule has 0 spiro atoms. The van der Waals surface area contributed by atoms with Crippen LogP contribution in [0.25, 0.3) is 11.3 Å². The summed E-state index contributed by atoms with van der Waals surface area (Å²) < 4.78 is 46.5. The lowest BCUT2D eigenvalue weighted by Gasteiger charge is -2.13. The van der Waals surface area contributed by atoms with Gasteiger partial charge in [0, 0.05) is 23.4 Å². The van der Waals surface area contributed by atoms with Crippen molar-refractivity contribution in [3.05, 3.63) is 60.2 Å². The van der Waals surface area contributed by atoms with Crippen molar-refractivity contribution in [3.8, 4) is 17.0 Å². The summed E-state index contributed by atoms with van der Waals surface area (Å²) in [4.78, 5) is 20.5. The maximum Gasteiger partial charge on any atom is 0.573 e. The summed E-state index contributed by atoms with van der Waals surface area (Å²) >= 11 is 0. The van der Waals surface area contributed by atoms with Crippen molar-refractivity contribution >= 4 is 23.4 Å². The van der Waals surface area contributed by atoms with E-state index in [-0.39, 0.29) is 11.8 Å². The van der Waals surface area contributed by atoms with Crippen molar-refractivity contribution < 1.29 is 27.4 Å². The third-order valence-electron chi connectivity index (χ3n) is 4.58. The molecule has 1 heterocycles. The van der Waals surface area contributed by atoms with Crippen molar-refractivity contribution in [1.82, 2.24) is 9.97 Å². The van der Waals surface area contributed by atoms with E-state index in [1.54, 1.807) is 36.4 Å². The zero-order chi connectivity index (χ0) is 22.7. The normalized spacial score (nSPS) is 13.4. The molecule has 0 radical (unpaired) electrons. The monoisotopic (exact) mass is 444 g/mol. The van der Waals surface area contributed by atoms with E-state index < -0.39 is 12.3 Å². The lowest BCUT2D eigenvalue weighted by Crippen LogP contribution is -2.17. The number of hydrogen-bond donors (Lipinski definition) is 2. The minimum atomic E-state index is -4.79. The standard InChI is InChI=1S/C22H19F3N4O3/c1-31-20(30)13-5-7-15(8-6-13)26-19-12-18(28-21(29-19)27-16-9-10-16)14-3-2-4-17(11-14)32-22(23,24)25/h2-8,11-12,16H,9-10H2,1H3,(H2,26,27,28,29). The van der Waals surface area contributed by atoms with Gasteiger partial charge in [0.25, 0.3) is 0 Å². The first-order chi connectivity index (χ1) is 15.3. The van der Waals surface area contributed by atoms with Gasteiger partial charge in [0.1, 0.15) is 11.6 Å². The minimum absolute atomic E-state index is 0.275. The van der Waals surface area contributed by atoms with Crippen LogP contribution in [0, 0.1) is 0 Å². The third-order valence-corrected chi connectivity index (χ3v) is 4.58. The molecule has 0 aliphatic heterocycles. The summed E-state index contributed by atoms with van der Waals surface area (Å²) in [5, 5.41) is 6.33. The number of nitrogens with one attached hydrogen (secondary N) is 2. The Kier molecular flexibility index (Phi) is 5.85. The van der Waals surface area contributed by atoms with E-state index in [0.717, 1.165) is 12.8 Å². The highest BCUT2D eigenvalue weighted by Crippen LogP contribution is 2.30. The highest BCUT2D eigenvalue weighted by molar-refractivity contribution is 5.89. The van der Waals surface area contributed by atoms with Crippen molar-refractivity contribution in [2.24, 2.45) is 0 Å². The van der Waals surface area contributed by atoms with Gasteiger partial charge in [-0.15, -0.1) is 13.2 Å². The topological polar surface area (TPSA) is 85.4 Å². The second-order valence-corrected chi connectivity index (χ2v) is 7.15. The number of ether oxygens (including phenoxy) is 2. The van der Waals surface area contributed by atoms with Gasteiger partial charge in [-0.05, 0) is 49.2 Å². The molecular weight excluding hydrogens is 425 g/mol. The number of esters is 1. The Balaban J connectivity index is 1.63. The van der Waals surface area contributed by atoms with E-state index in [0.29, 0.717) is 34.3 Å². The van der Waals surface area contributed by atoms with E-state index >= 15 is 0 Å². The van der Waals surface area contributed by atoms with E-state index in [2.05, 4.69) is 30.1 Å². The maximum atomic E-state index is 12.6. The fourth-order valence-corrected chi connectivity index (χ4v) is 2.94. The third kappa shape index (κ3) is 5.65. The molecule has 0 amide bonds. The maximum absolute atomic E-state index is 12.6. The molecule has 7 nitrogen and oxygen atoms in total. The van der Waals surface area contributed by atoms with Gasteiger partial charge < -0.3 is 20.1 Å². The Labute approximate surface area is 181 Å². The Bertz CT molecular complexity index is 1120. The molecule has 0 saturated heterocycles. The Morgan fingerprint density at radius 2 is 1.81 bits per heavy atom. The van der Waals surface area contributed by atoms with E-state index in [9.17, 15) is 18.0 Å². The lowest BCUT2D eigenvalue weighted by molar-refractivity contribution is -0.274. The van der Waals surface area contributed by atoms with E-state index in [4.69, 9.17) is 0 Å². The van der Waals surface area contributed by atoms with E-state index in [1.807, 2.05) is 0 Å². The van der Waals surface area contributed by atoms with Gasteiger partial charge in [0.15, 0.2) is 0 Å². The molecule has 10 heteroatoms. The fourth-order valence-electron chi connectivity index (χ4n) is 2.94. The molecule has 0 atom stereocenters. The summed E-state index contributed by atoms with van der Waals surface area (Å²) in [6, 6.07) is 14.1. The molecule has 1 aromatic heterocycles. The molecular formula is C22H19F3N4O3. The summed E-state index contributed by atoms with van der Waals surface area (Å²) in [6.45, 7) is 0. The van der Waals surface area contributed by atoms with Crippen LogP contribution in [0.2, 0.25) is 0 Å². The van der Waals surface area contributed by atoms with Crippen molar-refractivity contribution in [3.63, 3.8) is 0 Å². The van der Waals surface area contributed by atoms with Crippen molar-refractivity contribution in [1.29, 1.82) is 0 Å². The summed E-state index contributed by atoms with van der Waals surface area (Å²) in [6.07, 6.45) is -2.79. The molecule has 0 bridgehead atoms. The van der Waals surface area contributed by atoms with Crippen LogP contribution in [-0.4, -0.2) is 35.5 Å². The van der Waals surface area contributed by atoms with Gasteiger partial charge in [-0.3, -0.25) is 0 Å². The predicted molar refractivity (Wildman–Crippen MR) is 112 cm³/mol. The van der Waals surface area contributed by atoms with E-state index in [1.165, 1.54) is 25.3 Å². The molecule has 1 fully saturated rings. The average Bonchev–Trinajstić information content (AvgIpc) is 3.56. The summed E-state index contributed by atoms with van der Waals surface area (Å²) in [5.74, 6) is 0.0166. The lowest BCUT2D eigenvalue weighted by atomic mass is 10.1. The SMILES string of the molecule is COC(=O)c1ccc(Nc2cc(-c3cccc(OC(F)(F)F)c3)nc(NC3CC3)n2)cc1. The number of methoxy groups -OCH3 is 1. The molecule has 1 aliphatic carbocycles. The number of rotatable bonds is 7. The number of aromatic nitrogens is 2. The highest BCUT2D eigenvalue weighted by Gasteiger charge is 2.31. The Hall–Kier alpha value is -3.82. The molecule has 1 saturated carbocycles. The highest BCUT2D eigenvalue weighted by atomic mass is 19.4. The molecule has 2 aromatic carbocycles. The molecule has 32 heavy (non-hydrogen) atoms. The van der Waals surface area contributed by atoms with Crippen LogP contribution < -0.4 is 15.4 Å². The number of hydrogen-bond acceptors (Lipinski definition) is 7. The second kappa shape index (κ2) is 8.74. The fraction of sp³-hybridized carbons (Fsp3) is 0.227. The van der Waals surface area contributed by atoms with Crippen molar-refractivity contribution in [2.75, 3.05) is 17.7 Å². The van der Waals surface area contributed by atoms with Gasteiger partial charge in [-0.1, -0.05) is 12.1 Å². The Morgan fingerprint density at radius 1 is 1.06 bits per heavy atom. The average molecular weight is 444 g/mol. The quantitative estimate of drug-likeness (QED) is 0.488. The minimum Gasteiger partial charge on any atom is -0.465 e. The van der Waals surface area contributed by atoms with Crippen LogP contribution in [-0.2, 0) is 4.74 Å².